The zero-order chi connectivity index (χ0) is 7.11. The van der Waals surface area contributed by atoms with Crippen molar-refractivity contribution in [2.24, 2.45) is 0 Å². The van der Waals surface area contributed by atoms with E-state index in [1.807, 2.05) is 0 Å². The number of hydrogen-bond acceptors (Lipinski definition) is 2. The second-order valence-electron chi connectivity index (χ2n) is 1.65. The summed E-state index contributed by atoms with van der Waals surface area (Å²) >= 11 is 0. The number of carbonyl (C=O) groups is 1. The molecule has 0 bridgehead atoms. The minimum atomic E-state index is -0.285. The van der Waals surface area contributed by atoms with Gasteiger partial charge in [0, 0.05) is 15.7 Å². The van der Waals surface area contributed by atoms with Crippen LogP contribution in [-0.4, -0.2) is 28.4 Å². The van der Waals surface area contributed by atoms with Crippen molar-refractivity contribution < 1.29 is 9.53 Å². The molecule has 0 saturated heterocycles. The first-order valence-corrected chi connectivity index (χ1v) is 5.63. The van der Waals surface area contributed by atoms with Gasteiger partial charge in [0.05, 0.1) is 6.61 Å². The highest BCUT2D eigenvalue weighted by atomic mass is 28.2. The Bertz CT molecular complexity index is 87.0. The second kappa shape index (κ2) is 5.62. The van der Waals surface area contributed by atoms with Crippen molar-refractivity contribution in [3.63, 3.8) is 0 Å². The van der Waals surface area contributed by atoms with Gasteiger partial charge in [-0.25, -0.2) is 4.79 Å². The molecule has 0 saturated carbocycles. The van der Waals surface area contributed by atoms with Gasteiger partial charge in [0.25, 0.3) is 0 Å². The number of rotatable bonds is 3. The minimum absolute atomic E-state index is 0.0577. The number of alkyl carbamates (subject to hydrolysis) is 1. The molecule has 4 heteroatoms. The number of ether oxygens (including phenoxy) is 1. The van der Waals surface area contributed by atoms with Crippen LogP contribution < -0.4 is 5.32 Å². The van der Waals surface area contributed by atoms with E-state index in [1.165, 1.54) is 0 Å². The van der Waals surface area contributed by atoms with Crippen LogP contribution in [-0.2, 0) is 4.74 Å². The van der Waals surface area contributed by atoms with Gasteiger partial charge in [0.15, 0.2) is 0 Å². The van der Waals surface area contributed by atoms with E-state index >= 15 is 0 Å². The number of hydrogen-bond donors (Lipinski definition) is 1. The molecule has 0 atom stereocenters. The largest absolute Gasteiger partial charge is 0.450 e. The van der Waals surface area contributed by atoms with E-state index < -0.39 is 0 Å². The molecule has 0 aliphatic heterocycles. The van der Waals surface area contributed by atoms with E-state index in [-0.39, 0.29) is 15.6 Å². The first-order valence-electron chi connectivity index (χ1n) is 3.21. The number of amides is 1. The quantitative estimate of drug-likeness (QED) is 0.566. The second-order valence-corrected chi connectivity index (χ2v) is 3.15. The third-order valence-electron chi connectivity index (χ3n) is 0.795. The van der Waals surface area contributed by atoms with Crippen LogP contribution in [0.5, 0.6) is 0 Å². The Kier molecular flexibility index (Phi) is 5.30. The van der Waals surface area contributed by atoms with Crippen LogP contribution in [0.2, 0.25) is 6.55 Å². The van der Waals surface area contributed by atoms with Gasteiger partial charge in [-0.15, -0.1) is 0 Å². The van der Waals surface area contributed by atoms with Gasteiger partial charge in [0.2, 0.25) is 0 Å². The summed E-state index contributed by atoms with van der Waals surface area (Å²) in [5, 5.41) is 2.63. The molecule has 0 spiro atoms. The summed E-state index contributed by atoms with van der Waals surface area (Å²) < 4.78 is 4.62. The van der Waals surface area contributed by atoms with Gasteiger partial charge in [0.1, 0.15) is 0 Å². The van der Waals surface area contributed by atoms with Crippen molar-refractivity contribution >= 4 is 15.6 Å². The molecule has 0 rings (SSSR count). The van der Waals surface area contributed by atoms with Crippen LogP contribution in [0.4, 0.5) is 4.79 Å². The molecular weight excluding hydrogens is 134 g/mol. The lowest BCUT2D eigenvalue weighted by Gasteiger charge is -2.01. The predicted octanol–water partition coefficient (Wildman–Crippen LogP) is -0.0931. The standard InChI is InChI=1S/C5H13NO2Si/c1-3-8-5(7)6-4-9-2/h3-4,9H2,1-2H3,(H,6,7). The summed E-state index contributed by atoms with van der Waals surface area (Å²) in [7, 11) is -0.0577. The topological polar surface area (TPSA) is 38.3 Å². The lowest BCUT2D eigenvalue weighted by Crippen LogP contribution is -2.27. The molecule has 1 N–H and O–H groups in total. The lowest BCUT2D eigenvalue weighted by molar-refractivity contribution is 0.154. The van der Waals surface area contributed by atoms with E-state index in [1.54, 1.807) is 6.92 Å². The number of carbonyl (C=O) groups excluding carboxylic acids is 1. The highest BCUT2D eigenvalue weighted by molar-refractivity contribution is 6.34. The van der Waals surface area contributed by atoms with E-state index in [9.17, 15) is 4.79 Å². The first kappa shape index (κ1) is 8.49. The summed E-state index contributed by atoms with van der Waals surface area (Å²) in [5.41, 5.74) is 0. The van der Waals surface area contributed by atoms with Crippen LogP contribution in [0.1, 0.15) is 6.92 Å². The van der Waals surface area contributed by atoms with Gasteiger partial charge in [-0.05, 0) is 6.92 Å². The Morgan fingerprint density at radius 2 is 2.44 bits per heavy atom. The Morgan fingerprint density at radius 3 is 2.89 bits per heavy atom. The van der Waals surface area contributed by atoms with Crippen molar-refractivity contribution in [1.29, 1.82) is 0 Å². The van der Waals surface area contributed by atoms with Gasteiger partial charge in [-0.3, -0.25) is 0 Å². The SMILES string of the molecule is CCOC(=O)NC[SiH2]C. The average molecular weight is 147 g/mol. The molecule has 0 fully saturated rings. The van der Waals surface area contributed by atoms with Gasteiger partial charge < -0.3 is 10.1 Å². The van der Waals surface area contributed by atoms with Crippen molar-refractivity contribution in [3.05, 3.63) is 0 Å². The minimum Gasteiger partial charge on any atom is -0.450 e. The number of nitrogens with one attached hydrogen (secondary N) is 1. The lowest BCUT2D eigenvalue weighted by atomic mass is 10.9. The highest BCUT2D eigenvalue weighted by Gasteiger charge is 1.94. The highest BCUT2D eigenvalue weighted by Crippen LogP contribution is 1.73. The van der Waals surface area contributed by atoms with Crippen LogP contribution in [0.3, 0.4) is 0 Å². The third kappa shape index (κ3) is 5.36. The summed E-state index contributed by atoms with van der Waals surface area (Å²) in [6, 6.07) is 0. The molecule has 0 unspecified atom stereocenters. The summed E-state index contributed by atoms with van der Waals surface area (Å²) in [6.45, 7) is 4.38. The normalized spacial score (nSPS) is 10.0. The van der Waals surface area contributed by atoms with Gasteiger partial charge in [-0.1, -0.05) is 6.55 Å². The molecular formula is C5H13NO2Si. The van der Waals surface area contributed by atoms with Crippen molar-refractivity contribution in [3.8, 4) is 0 Å². The van der Waals surface area contributed by atoms with E-state index in [0.29, 0.717) is 6.61 Å². The molecule has 3 nitrogen and oxygen atoms in total. The fourth-order valence-corrected chi connectivity index (χ4v) is 0.863. The molecule has 0 aromatic rings. The smallest absolute Gasteiger partial charge is 0.406 e. The summed E-state index contributed by atoms with van der Waals surface area (Å²) in [5.74, 6) is 0. The summed E-state index contributed by atoms with van der Waals surface area (Å²) in [4.78, 5) is 10.5. The van der Waals surface area contributed by atoms with Crippen molar-refractivity contribution in [2.75, 3.05) is 12.8 Å². The van der Waals surface area contributed by atoms with E-state index in [4.69, 9.17) is 0 Å². The Hall–Kier alpha value is -0.513. The van der Waals surface area contributed by atoms with E-state index in [2.05, 4.69) is 16.6 Å². The molecule has 54 valence electrons. The van der Waals surface area contributed by atoms with Crippen LogP contribution in [0.15, 0.2) is 0 Å². The molecule has 9 heavy (non-hydrogen) atoms. The maximum Gasteiger partial charge on any atom is 0.406 e. The average Bonchev–Trinajstić information content (AvgIpc) is 1.85. The molecule has 0 aromatic heterocycles. The van der Waals surface area contributed by atoms with Gasteiger partial charge in [-0.2, -0.15) is 0 Å². The molecule has 0 aromatic carbocycles. The Morgan fingerprint density at radius 1 is 1.78 bits per heavy atom. The predicted molar refractivity (Wildman–Crippen MR) is 39.4 cm³/mol. The Labute approximate surface area is 57.6 Å². The first-order chi connectivity index (χ1) is 4.31. The maximum atomic E-state index is 10.5. The van der Waals surface area contributed by atoms with Crippen molar-refractivity contribution in [1.82, 2.24) is 5.32 Å². The molecule has 1 amide bonds. The zero-order valence-corrected chi connectivity index (χ0v) is 7.35. The van der Waals surface area contributed by atoms with Crippen LogP contribution >= 0.6 is 0 Å². The molecule has 0 radical (unpaired) electrons. The van der Waals surface area contributed by atoms with Crippen LogP contribution in [0.25, 0.3) is 0 Å². The van der Waals surface area contributed by atoms with Crippen molar-refractivity contribution in [2.45, 2.75) is 13.5 Å². The fourth-order valence-electron chi connectivity index (χ4n) is 0.409. The molecule has 0 aliphatic rings. The monoisotopic (exact) mass is 147 g/mol. The Balaban J connectivity index is 3.06. The van der Waals surface area contributed by atoms with Crippen LogP contribution in [0, 0.1) is 0 Å². The molecule has 0 aliphatic carbocycles. The van der Waals surface area contributed by atoms with Gasteiger partial charge >= 0.3 is 6.09 Å². The van der Waals surface area contributed by atoms with E-state index in [0.717, 1.165) is 6.17 Å². The maximum absolute atomic E-state index is 10.5. The fraction of sp³-hybridized carbons (Fsp3) is 0.800. The summed E-state index contributed by atoms with van der Waals surface area (Å²) in [6.07, 6.45) is 0.547. The molecule has 0 heterocycles. The third-order valence-corrected chi connectivity index (χ3v) is 1.54. The zero-order valence-electron chi connectivity index (χ0n) is 5.94.